The average Bonchev–Trinajstić information content (AvgIpc) is 3.66. The molecule has 1 aromatic carbocycles. The summed E-state index contributed by atoms with van der Waals surface area (Å²) in [4.78, 5) is 50.8. The van der Waals surface area contributed by atoms with Crippen LogP contribution in [0.2, 0.25) is 0 Å². The minimum atomic E-state index is -4.98. The van der Waals surface area contributed by atoms with Crippen LogP contribution >= 0.6 is 11.3 Å². The van der Waals surface area contributed by atoms with E-state index in [0.29, 0.717) is 5.75 Å². The van der Waals surface area contributed by atoms with Crippen molar-refractivity contribution in [2.75, 3.05) is 25.4 Å². The zero-order chi connectivity index (χ0) is 33.0. The van der Waals surface area contributed by atoms with Crippen LogP contribution in [0.1, 0.15) is 17.4 Å². The lowest BCUT2D eigenvalue weighted by Gasteiger charge is -2.43. The van der Waals surface area contributed by atoms with Gasteiger partial charge in [0, 0.05) is 24.5 Å². The van der Waals surface area contributed by atoms with Gasteiger partial charge >= 0.3 is 16.3 Å². The quantitative estimate of drug-likeness (QED) is 0.0282. The summed E-state index contributed by atoms with van der Waals surface area (Å²) in [5, 5.41) is 27.4. The Labute approximate surface area is 264 Å². The van der Waals surface area contributed by atoms with Gasteiger partial charge < -0.3 is 36.8 Å². The minimum Gasteiger partial charge on any atom is -0.489 e. The summed E-state index contributed by atoms with van der Waals surface area (Å²) in [5.74, 6) is -3.37. The smallest absolute Gasteiger partial charge is 0.362 e. The molecule has 3 aromatic rings. The molecule has 2 aliphatic rings. The number of nitrogens with one attached hydrogen (secondary N) is 3. The van der Waals surface area contributed by atoms with Crippen LogP contribution in [0.3, 0.4) is 0 Å². The lowest BCUT2D eigenvalue weighted by Crippen LogP contribution is -2.73. The first kappa shape index (κ1) is 32.6. The third kappa shape index (κ3) is 7.55. The van der Waals surface area contributed by atoms with E-state index in [9.17, 15) is 32.5 Å². The molecule has 46 heavy (non-hydrogen) atoms. The maximum absolute atomic E-state index is 13.3. The Morgan fingerprint density at radius 3 is 2.57 bits per heavy atom. The third-order valence-corrected chi connectivity index (χ3v) is 8.53. The number of aliphatic carboxylic acids is 1. The van der Waals surface area contributed by atoms with E-state index in [1.165, 1.54) is 22.7 Å². The number of nitrogens with zero attached hydrogens (tertiary/aromatic N) is 6. The number of carbonyl (C=O) groups is 3. The molecule has 2 amide bonds. The molecule has 4 atom stereocenters. The summed E-state index contributed by atoms with van der Waals surface area (Å²) in [7, 11) is -4.98. The summed E-state index contributed by atoms with van der Waals surface area (Å²) in [6, 6.07) is 4.19. The number of rotatable bonds is 15. The number of β-lactam (4-membered cyclic amide) rings is 1. The second-order valence-corrected chi connectivity index (χ2v) is 12.2. The molecule has 2 saturated heterocycles. The minimum absolute atomic E-state index is 0.0395. The number of anilines is 1. The third-order valence-electron chi connectivity index (χ3n) is 6.91. The van der Waals surface area contributed by atoms with Crippen molar-refractivity contribution in [1.29, 1.82) is 0 Å². The molecule has 2 aliphatic heterocycles. The lowest BCUT2D eigenvalue weighted by molar-refractivity contribution is -0.152. The largest absolute Gasteiger partial charge is 0.489 e. The van der Waals surface area contributed by atoms with Crippen LogP contribution in [0.5, 0.6) is 5.75 Å². The van der Waals surface area contributed by atoms with E-state index in [2.05, 4.69) is 36.2 Å². The summed E-state index contributed by atoms with van der Waals surface area (Å²) in [6.45, 7) is 0.865. The molecule has 0 radical (unpaired) electrons. The highest BCUT2D eigenvalue weighted by Gasteiger charge is 2.54. The number of aromatic nitrogens is 4. The molecule has 0 bridgehead atoms. The first-order valence-corrected chi connectivity index (χ1v) is 15.8. The number of thiazole rings is 1. The van der Waals surface area contributed by atoms with Gasteiger partial charge in [0.1, 0.15) is 36.7 Å². The van der Waals surface area contributed by atoms with E-state index in [-0.39, 0.29) is 27.7 Å². The number of oxime groups is 1. The van der Waals surface area contributed by atoms with Gasteiger partial charge in [-0.15, -0.1) is 11.3 Å². The van der Waals surface area contributed by atoms with Gasteiger partial charge in [0.2, 0.25) is 0 Å². The fourth-order valence-corrected chi connectivity index (χ4v) is 5.85. The number of carbonyl (C=O) groups excluding carboxylic acids is 2. The molecule has 22 heteroatoms. The van der Waals surface area contributed by atoms with E-state index in [1.807, 2.05) is 0 Å². The van der Waals surface area contributed by atoms with Gasteiger partial charge in [-0.05, 0) is 17.7 Å². The van der Waals surface area contributed by atoms with E-state index in [4.69, 9.17) is 21.0 Å². The van der Waals surface area contributed by atoms with Crippen LogP contribution < -0.4 is 32.2 Å². The van der Waals surface area contributed by atoms with E-state index in [0.717, 1.165) is 30.0 Å². The zero-order valence-corrected chi connectivity index (χ0v) is 25.3. The van der Waals surface area contributed by atoms with Gasteiger partial charge in [-0.3, -0.25) is 24.1 Å². The van der Waals surface area contributed by atoms with Gasteiger partial charge in [-0.25, -0.2) is 19.1 Å². The second kappa shape index (κ2) is 13.7. The number of ether oxygens (including phenoxy) is 1. The molecule has 5 rings (SSSR count). The molecule has 4 heterocycles. The van der Waals surface area contributed by atoms with Gasteiger partial charge in [0.15, 0.2) is 10.8 Å². The maximum atomic E-state index is 13.3. The molecule has 1 unspecified atom stereocenters. The van der Waals surface area contributed by atoms with Gasteiger partial charge in [-0.1, -0.05) is 17.3 Å². The maximum Gasteiger partial charge on any atom is 0.362 e. The van der Waals surface area contributed by atoms with Crippen molar-refractivity contribution >= 4 is 50.3 Å². The van der Waals surface area contributed by atoms with Crippen LogP contribution in [0.4, 0.5) is 5.13 Å². The van der Waals surface area contributed by atoms with Gasteiger partial charge in [0.05, 0.1) is 18.8 Å². The molecule has 2 aromatic heterocycles. The van der Waals surface area contributed by atoms with Gasteiger partial charge in [-0.2, -0.15) is 13.5 Å². The van der Waals surface area contributed by atoms with Crippen molar-refractivity contribution < 1.29 is 42.0 Å². The number of benzene rings is 1. The Hall–Kier alpha value is -4.74. The van der Waals surface area contributed by atoms with Crippen molar-refractivity contribution in [3.63, 3.8) is 0 Å². The van der Waals surface area contributed by atoms with Crippen molar-refractivity contribution in [1.82, 2.24) is 40.0 Å². The summed E-state index contributed by atoms with van der Waals surface area (Å²) >= 11 is 0.942. The number of nitrogens with two attached hydrogens (primary N) is 2. The van der Waals surface area contributed by atoms with Crippen LogP contribution in [-0.4, -0.2) is 110 Å². The average molecular weight is 680 g/mol. The SMILES string of the molecule is Nc1nc(/C(=N/O[C@@H](COc2ccc(C(N)NC3CNC3)cc2)C(=O)O)C(=O)N[C@@H]2C(=O)N(S(=O)(=O)O)[C@@H]2Cn2cncn2)cs1. The number of carboxylic acids is 1. The molecule has 246 valence electrons. The fraction of sp³-hybridized carbons (Fsp3) is 0.375. The summed E-state index contributed by atoms with van der Waals surface area (Å²) in [6.07, 6.45) is 0.305. The highest BCUT2D eigenvalue weighted by molar-refractivity contribution is 7.84. The topological polar surface area (TPSA) is 292 Å². The number of nitrogen functional groups attached to an aromatic ring is 1. The number of carboxylic acid groups (broad SMARTS) is 1. The van der Waals surface area contributed by atoms with Crippen LogP contribution in [0, 0.1) is 0 Å². The van der Waals surface area contributed by atoms with Crippen molar-refractivity contribution in [3.8, 4) is 5.75 Å². The Kier molecular flexibility index (Phi) is 9.74. The second-order valence-electron chi connectivity index (χ2n) is 10.1. The summed E-state index contributed by atoms with van der Waals surface area (Å²) in [5.41, 5.74) is 12.0. The molecule has 0 spiro atoms. The zero-order valence-electron chi connectivity index (χ0n) is 23.7. The number of hydrogen-bond donors (Lipinski definition) is 7. The fourth-order valence-electron chi connectivity index (χ4n) is 4.43. The molecule has 20 nitrogen and oxygen atoms in total. The van der Waals surface area contributed by atoms with E-state index >= 15 is 0 Å². The van der Waals surface area contributed by atoms with E-state index < -0.39 is 64.8 Å². The summed E-state index contributed by atoms with van der Waals surface area (Å²) < 4.78 is 40.1. The molecule has 0 saturated carbocycles. The Morgan fingerprint density at radius 1 is 1.26 bits per heavy atom. The molecule has 2 fully saturated rings. The van der Waals surface area contributed by atoms with Crippen LogP contribution in [0.15, 0.2) is 47.5 Å². The Morgan fingerprint density at radius 2 is 2.00 bits per heavy atom. The van der Waals surface area contributed by atoms with Gasteiger partial charge in [0.25, 0.3) is 17.9 Å². The van der Waals surface area contributed by atoms with Crippen LogP contribution in [0.25, 0.3) is 0 Å². The van der Waals surface area contributed by atoms with Crippen LogP contribution in [-0.2, 0) is 36.1 Å². The highest BCUT2D eigenvalue weighted by Crippen LogP contribution is 2.25. The molecule has 0 aliphatic carbocycles. The van der Waals surface area contributed by atoms with E-state index in [1.54, 1.807) is 24.3 Å². The Balaban J connectivity index is 1.27. The normalized spacial score (nSPS) is 19.9. The number of amides is 2. The van der Waals surface area contributed by atoms with Crippen molar-refractivity contribution in [2.24, 2.45) is 10.9 Å². The first-order valence-electron chi connectivity index (χ1n) is 13.5. The van der Waals surface area contributed by atoms with Crippen molar-refractivity contribution in [3.05, 3.63) is 53.6 Å². The standard InChI is InChI=1S/C24H29N11O9S2/c25-20(30-13-5-27-6-13)12-1-3-14(4-2-12)43-8-17(23(38)39)44-33-18(15-9-45-24(26)31-15)21(36)32-19-16(7-34-11-28-10-29-34)35(22(19)37)46(40,41)42/h1-4,9-11,13,16-17,19-20,27,30H,5-8,25H2,(H2,26,31)(H,32,36)(H,38,39)(H,40,41,42)/b33-18-/t16-,17+,19+,20?/m1/s1. The predicted molar refractivity (Wildman–Crippen MR) is 158 cm³/mol. The monoisotopic (exact) mass is 679 g/mol. The van der Waals surface area contributed by atoms with Crippen molar-refractivity contribution in [2.45, 2.75) is 36.9 Å². The Bertz CT molecular complexity index is 1700. The molecular formula is C24H29N11O9S2. The molecular weight excluding hydrogens is 650 g/mol. The highest BCUT2D eigenvalue weighted by atomic mass is 32.2. The predicted octanol–water partition coefficient (Wildman–Crippen LogP) is -2.71. The molecule has 9 N–H and O–H groups in total. The number of hydrogen-bond acceptors (Lipinski definition) is 16. The lowest BCUT2D eigenvalue weighted by atomic mass is 9.98. The first-order chi connectivity index (χ1) is 21.9.